The molecule has 1 aliphatic rings. The molecule has 2 aromatic carbocycles. The first-order valence-corrected chi connectivity index (χ1v) is 11.8. The molecule has 1 unspecified atom stereocenters. The fourth-order valence-corrected chi connectivity index (χ4v) is 4.93. The van der Waals surface area contributed by atoms with Crippen molar-refractivity contribution in [2.75, 3.05) is 20.8 Å². The van der Waals surface area contributed by atoms with Gasteiger partial charge in [0.2, 0.25) is 0 Å². The first-order valence-electron chi connectivity index (χ1n) is 11.0. The molecule has 2 heterocycles. The van der Waals surface area contributed by atoms with E-state index in [2.05, 4.69) is 11.6 Å². The normalized spacial score (nSPS) is 15.1. The van der Waals surface area contributed by atoms with E-state index in [4.69, 9.17) is 14.2 Å². The summed E-state index contributed by atoms with van der Waals surface area (Å²) in [6, 6.07) is 13.2. The minimum Gasteiger partial charge on any atom is -0.497 e. The van der Waals surface area contributed by atoms with Crippen molar-refractivity contribution in [1.82, 2.24) is 4.57 Å². The van der Waals surface area contributed by atoms with Crippen LogP contribution in [0.4, 0.5) is 0 Å². The number of hydrogen-bond acceptors (Lipinski definition) is 8. The number of ether oxygens (including phenoxy) is 3. The third-order valence-corrected chi connectivity index (χ3v) is 6.62. The number of aromatic nitrogens is 1. The van der Waals surface area contributed by atoms with Gasteiger partial charge in [-0.3, -0.25) is 9.36 Å². The van der Waals surface area contributed by atoms with Gasteiger partial charge in [0.1, 0.15) is 12.4 Å². The fraction of sp³-hybridized carbons (Fsp3) is 0.185. The van der Waals surface area contributed by atoms with Crippen molar-refractivity contribution < 1.29 is 23.8 Å². The molecule has 0 radical (unpaired) electrons. The van der Waals surface area contributed by atoms with E-state index in [1.165, 1.54) is 29.1 Å². The minimum absolute atomic E-state index is 0.0386. The molecule has 184 valence electrons. The Labute approximate surface area is 211 Å². The number of carbonyl (C=O) groups is 2. The molecule has 0 bridgehead atoms. The number of benzene rings is 2. The van der Waals surface area contributed by atoms with Gasteiger partial charge in [0, 0.05) is 0 Å². The van der Waals surface area contributed by atoms with Gasteiger partial charge in [-0.15, -0.1) is 0 Å². The lowest BCUT2D eigenvalue weighted by Gasteiger charge is -2.24. The molecule has 8 nitrogen and oxygen atoms in total. The maximum absolute atomic E-state index is 13.6. The summed E-state index contributed by atoms with van der Waals surface area (Å²) in [4.78, 5) is 43.4. The Morgan fingerprint density at radius 1 is 1.08 bits per heavy atom. The lowest BCUT2D eigenvalue weighted by atomic mass is 9.96. The van der Waals surface area contributed by atoms with Crippen LogP contribution in [-0.2, 0) is 14.3 Å². The summed E-state index contributed by atoms with van der Waals surface area (Å²) in [5.41, 5.74) is 2.32. The molecule has 0 saturated carbocycles. The average molecular weight is 505 g/mol. The zero-order chi connectivity index (χ0) is 25.8. The number of hydrogen-bond donors (Lipinski definition) is 0. The van der Waals surface area contributed by atoms with Crippen LogP contribution in [-0.4, -0.2) is 37.3 Å². The van der Waals surface area contributed by atoms with Crippen molar-refractivity contribution in [3.05, 3.63) is 109 Å². The van der Waals surface area contributed by atoms with Gasteiger partial charge in [0.05, 0.1) is 41.6 Å². The highest BCUT2D eigenvalue weighted by atomic mass is 32.1. The summed E-state index contributed by atoms with van der Waals surface area (Å²) in [6.45, 7) is 5.36. The third kappa shape index (κ3) is 4.78. The van der Waals surface area contributed by atoms with Gasteiger partial charge in [-0.05, 0) is 48.4 Å². The Kier molecular flexibility index (Phi) is 7.30. The van der Waals surface area contributed by atoms with Gasteiger partial charge in [-0.25, -0.2) is 14.6 Å². The first kappa shape index (κ1) is 24.9. The summed E-state index contributed by atoms with van der Waals surface area (Å²) < 4.78 is 17.3. The topological polar surface area (TPSA) is 96.2 Å². The van der Waals surface area contributed by atoms with E-state index >= 15 is 0 Å². The standard InChI is InChI=1S/C27H24N2O6S/c1-5-14-35-26(32)22-16(2)28-27-29(23(22)18-10-12-20(33-3)13-11-18)24(30)21(36-27)15-17-6-8-19(9-7-17)25(31)34-4/h5-13,15,23H,1,14H2,2-4H3. The van der Waals surface area contributed by atoms with Crippen molar-refractivity contribution in [1.29, 1.82) is 0 Å². The van der Waals surface area contributed by atoms with Crippen LogP contribution in [0.15, 0.2) is 82.2 Å². The van der Waals surface area contributed by atoms with Crippen LogP contribution in [0, 0.1) is 0 Å². The van der Waals surface area contributed by atoms with Crippen LogP contribution in [0.5, 0.6) is 5.75 Å². The highest BCUT2D eigenvalue weighted by Crippen LogP contribution is 2.31. The van der Waals surface area contributed by atoms with Crippen molar-refractivity contribution in [3.8, 4) is 5.75 Å². The van der Waals surface area contributed by atoms with Crippen LogP contribution in [0.3, 0.4) is 0 Å². The predicted octanol–water partition coefficient (Wildman–Crippen LogP) is 2.76. The molecule has 0 aliphatic carbocycles. The van der Waals surface area contributed by atoms with Gasteiger partial charge in [-0.1, -0.05) is 48.3 Å². The Hall–Kier alpha value is -4.24. The summed E-state index contributed by atoms with van der Waals surface area (Å²) in [5.74, 6) is -0.352. The molecule has 1 atom stereocenters. The largest absolute Gasteiger partial charge is 0.497 e. The fourth-order valence-electron chi connectivity index (χ4n) is 3.88. The molecule has 0 saturated heterocycles. The zero-order valence-electron chi connectivity index (χ0n) is 20.0. The molecule has 1 aliphatic heterocycles. The Morgan fingerprint density at radius 3 is 2.39 bits per heavy atom. The van der Waals surface area contributed by atoms with Crippen LogP contribution in [0.1, 0.15) is 34.5 Å². The summed E-state index contributed by atoms with van der Waals surface area (Å²) in [7, 11) is 2.89. The highest BCUT2D eigenvalue weighted by Gasteiger charge is 2.33. The van der Waals surface area contributed by atoms with E-state index in [0.29, 0.717) is 31.9 Å². The van der Waals surface area contributed by atoms with Gasteiger partial charge in [0.15, 0.2) is 4.80 Å². The van der Waals surface area contributed by atoms with Crippen LogP contribution < -0.4 is 19.6 Å². The molecule has 0 N–H and O–H groups in total. The summed E-state index contributed by atoms with van der Waals surface area (Å²) in [5, 5.41) is 0. The SMILES string of the molecule is C=CCOC(=O)C1=C(C)N=c2sc(=Cc3ccc(C(=O)OC)cc3)c(=O)n2C1c1ccc(OC)cc1. The lowest BCUT2D eigenvalue weighted by Crippen LogP contribution is -2.39. The predicted molar refractivity (Wildman–Crippen MR) is 136 cm³/mol. The molecule has 9 heteroatoms. The highest BCUT2D eigenvalue weighted by molar-refractivity contribution is 7.07. The molecular formula is C27H24N2O6S. The van der Waals surface area contributed by atoms with E-state index in [1.807, 2.05) is 12.1 Å². The molecule has 1 aromatic heterocycles. The second-order valence-corrected chi connectivity index (χ2v) is 8.86. The van der Waals surface area contributed by atoms with Crippen molar-refractivity contribution >= 4 is 29.4 Å². The van der Waals surface area contributed by atoms with Gasteiger partial charge < -0.3 is 14.2 Å². The number of esters is 2. The Balaban J connectivity index is 1.86. The number of fused-ring (bicyclic) bond motifs is 1. The molecule has 0 fully saturated rings. The Bertz CT molecular complexity index is 1530. The number of carbonyl (C=O) groups excluding carboxylic acids is 2. The number of allylic oxidation sites excluding steroid dienone is 1. The molecular weight excluding hydrogens is 480 g/mol. The Morgan fingerprint density at radius 2 is 1.78 bits per heavy atom. The molecule has 4 rings (SSSR count). The maximum atomic E-state index is 13.6. The molecule has 0 amide bonds. The van der Waals surface area contributed by atoms with Crippen molar-refractivity contribution in [2.24, 2.45) is 4.99 Å². The van der Waals surface area contributed by atoms with Gasteiger partial charge in [-0.2, -0.15) is 0 Å². The van der Waals surface area contributed by atoms with Gasteiger partial charge >= 0.3 is 11.9 Å². The van der Waals surface area contributed by atoms with Crippen LogP contribution in [0.25, 0.3) is 6.08 Å². The van der Waals surface area contributed by atoms with Crippen molar-refractivity contribution in [3.63, 3.8) is 0 Å². The van der Waals surface area contributed by atoms with E-state index in [9.17, 15) is 14.4 Å². The summed E-state index contributed by atoms with van der Waals surface area (Å²) >= 11 is 1.22. The van der Waals surface area contributed by atoms with E-state index < -0.39 is 18.0 Å². The quantitative estimate of drug-likeness (QED) is 0.363. The summed E-state index contributed by atoms with van der Waals surface area (Å²) in [6.07, 6.45) is 3.21. The smallest absolute Gasteiger partial charge is 0.338 e. The molecule has 36 heavy (non-hydrogen) atoms. The number of nitrogens with zero attached hydrogens (tertiary/aromatic N) is 2. The first-order chi connectivity index (χ1) is 17.4. The van der Waals surface area contributed by atoms with Crippen LogP contribution in [0.2, 0.25) is 0 Å². The zero-order valence-corrected chi connectivity index (χ0v) is 20.8. The maximum Gasteiger partial charge on any atom is 0.338 e. The van der Waals surface area contributed by atoms with E-state index in [0.717, 1.165) is 5.56 Å². The molecule has 0 spiro atoms. The second-order valence-electron chi connectivity index (χ2n) is 7.86. The monoisotopic (exact) mass is 504 g/mol. The second kappa shape index (κ2) is 10.6. The van der Waals surface area contributed by atoms with E-state index in [-0.39, 0.29) is 17.7 Å². The minimum atomic E-state index is -0.728. The van der Waals surface area contributed by atoms with Crippen LogP contribution >= 0.6 is 11.3 Å². The lowest BCUT2D eigenvalue weighted by molar-refractivity contribution is -0.138. The average Bonchev–Trinajstić information content (AvgIpc) is 3.20. The molecule has 3 aromatic rings. The van der Waals surface area contributed by atoms with Gasteiger partial charge in [0.25, 0.3) is 5.56 Å². The third-order valence-electron chi connectivity index (χ3n) is 5.63. The van der Waals surface area contributed by atoms with E-state index in [1.54, 1.807) is 56.5 Å². The number of rotatable bonds is 7. The number of thiazole rings is 1. The van der Waals surface area contributed by atoms with Crippen molar-refractivity contribution in [2.45, 2.75) is 13.0 Å². The number of methoxy groups -OCH3 is 2.